The Hall–Kier alpha value is -3.07. The van der Waals surface area contributed by atoms with Gasteiger partial charge in [0.25, 0.3) is 0 Å². The predicted octanol–water partition coefficient (Wildman–Crippen LogP) is 5.07. The molecule has 1 aliphatic carbocycles. The number of anilines is 1. The first-order valence-corrected chi connectivity index (χ1v) is 9.79. The molecule has 28 heavy (non-hydrogen) atoms. The minimum atomic E-state index is -0.587. The molecule has 1 N–H and O–H groups in total. The normalized spacial score (nSPS) is 14.4. The Morgan fingerprint density at radius 1 is 0.929 bits per heavy atom. The topological polar surface area (TPSA) is 38.3 Å². The Labute approximate surface area is 166 Å². The molecule has 0 heterocycles. The number of carbonyl (C=O) groups is 1. The van der Waals surface area contributed by atoms with E-state index < -0.39 is 5.41 Å². The second kappa shape index (κ2) is 7.51. The molecule has 0 spiro atoms. The van der Waals surface area contributed by atoms with E-state index in [4.69, 9.17) is 4.74 Å². The summed E-state index contributed by atoms with van der Waals surface area (Å²) in [7, 11) is 0. The first-order valence-electron chi connectivity index (χ1n) is 9.79. The van der Waals surface area contributed by atoms with Crippen molar-refractivity contribution in [2.75, 3.05) is 11.9 Å². The van der Waals surface area contributed by atoms with Crippen molar-refractivity contribution in [2.24, 2.45) is 0 Å². The maximum atomic E-state index is 13.6. The fourth-order valence-corrected chi connectivity index (χ4v) is 4.04. The molecule has 0 aromatic heterocycles. The Morgan fingerprint density at radius 3 is 2.11 bits per heavy atom. The molecule has 1 amide bonds. The van der Waals surface area contributed by atoms with E-state index in [1.807, 2.05) is 31.2 Å². The summed E-state index contributed by atoms with van der Waals surface area (Å²) in [6, 6.07) is 24.3. The van der Waals surface area contributed by atoms with Gasteiger partial charge in [-0.15, -0.1) is 0 Å². The third-order valence-corrected chi connectivity index (χ3v) is 5.56. The highest BCUT2D eigenvalue weighted by atomic mass is 16.5. The first kappa shape index (κ1) is 18.3. The average Bonchev–Trinajstić information content (AvgIpc) is 3.11. The third kappa shape index (κ3) is 3.40. The Kier molecular flexibility index (Phi) is 4.91. The number of hydrogen-bond donors (Lipinski definition) is 1. The highest BCUT2D eigenvalue weighted by Crippen LogP contribution is 2.41. The summed E-state index contributed by atoms with van der Waals surface area (Å²) in [5.41, 5.74) is 4.97. The zero-order chi connectivity index (χ0) is 19.6. The number of ether oxygens (including phenoxy) is 1. The molecule has 3 aromatic rings. The smallest absolute Gasteiger partial charge is 0.235 e. The standard InChI is InChI=1S/C25H25NO2/c1-3-28-23-14-12-22(13-15-23)26-24(27)25(21-10-8-18(2)9-11-21)16-19-6-4-5-7-20(19)17-25/h4-15H,3,16-17H2,1-2H3,(H,26,27). The van der Waals surface area contributed by atoms with Gasteiger partial charge in [0.15, 0.2) is 0 Å². The summed E-state index contributed by atoms with van der Waals surface area (Å²) in [5, 5.41) is 3.15. The summed E-state index contributed by atoms with van der Waals surface area (Å²) in [4.78, 5) is 13.6. The average molecular weight is 371 g/mol. The van der Waals surface area contributed by atoms with Crippen LogP contribution in [0.25, 0.3) is 0 Å². The van der Waals surface area contributed by atoms with Crippen LogP contribution in [-0.4, -0.2) is 12.5 Å². The van der Waals surface area contributed by atoms with Crippen LogP contribution in [0.4, 0.5) is 5.69 Å². The zero-order valence-electron chi connectivity index (χ0n) is 16.4. The van der Waals surface area contributed by atoms with E-state index in [1.165, 1.54) is 16.7 Å². The van der Waals surface area contributed by atoms with Crippen molar-refractivity contribution in [1.29, 1.82) is 0 Å². The Bertz CT molecular complexity index is 949. The van der Waals surface area contributed by atoms with Crippen molar-refractivity contribution in [2.45, 2.75) is 32.1 Å². The molecule has 0 saturated carbocycles. The molecule has 3 nitrogen and oxygen atoms in total. The summed E-state index contributed by atoms with van der Waals surface area (Å²) in [6.45, 7) is 4.65. The largest absolute Gasteiger partial charge is 0.494 e. The molecule has 0 fully saturated rings. The lowest BCUT2D eigenvalue weighted by Crippen LogP contribution is -2.41. The van der Waals surface area contributed by atoms with Gasteiger partial charge >= 0.3 is 0 Å². The van der Waals surface area contributed by atoms with E-state index in [9.17, 15) is 4.79 Å². The zero-order valence-corrected chi connectivity index (χ0v) is 16.4. The minimum Gasteiger partial charge on any atom is -0.494 e. The maximum Gasteiger partial charge on any atom is 0.235 e. The van der Waals surface area contributed by atoms with Crippen LogP contribution in [0.3, 0.4) is 0 Å². The molecular weight excluding hydrogens is 346 g/mol. The molecule has 0 radical (unpaired) electrons. The maximum absolute atomic E-state index is 13.6. The van der Waals surface area contributed by atoms with Crippen LogP contribution in [0, 0.1) is 6.92 Å². The summed E-state index contributed by atoms with van der Waals surface area (Å²) in [6.07, 6.45) is 1.43. The molecule has 4 rings (SSSR count). The van der Waals surface area contributed by atoms with Gasteiger partial charge in [0.1, 0.15) is 5.75 Å². The van der Waals surface area contributed by atoms with E-state index in [0.29, 0.717) is 6.61 Å². The van der Waals surface area contributed by atoms with E-state index in [2.05, 4.69) is 60.8 Å². The van der Waals surface area contributed by atoms with Gasteiger partial charge in [-0.2, -0.15) is 0 Å². The quantitative estimate of drug-likeness (QED) is 0.680. The highest BCUT2D eigenvalue weighted by Gasteiger charge is 2.45. The van der Waals surface area contributed by atoms with Crippen molar-refractivity contribution in [3.63, 3.8) is 0 Å². The number of aryl methyl sites for hydroxylation is 1. The van der Waals surface area contributed by atoms with Crippen molar-refractivity contribution in [3.05, 3.63) is 95.1 Å². The highest BCUT2D eigenvalue weighted by molar-refractivity contribution is 6.00. The van der Waals surface area contributed by atoms with E-state index in [1.54, 1.807) is 0 Å². The number of amides is 1. The Balaban J connectivity index is 1.66. The minimum absolute atomic E-state index is 0.0386. The molecule has 0 atom stereocenters. The SMILES string of the molecule is CCOc1ccc(NC(=O)C2(c3ccc(C)cc3)Cc3ccccc3C2)cc1. The van der Waals surface area contributed by atoms with Gasteiger partial charge < -0.3 is 10.1 Å². The number of benzene rings is 3. The fourth-order valence-electron chi connectivity index (χ4n) is 4.04. The predicted molar refractivity (Wildman–Crippen MR) is 113 cm³/mol. The number of carbonyl (C=O) groups excluding carboxylic acids is 1. The Morgan fingerprint density at radius 2 is 1.54 bits per heavy atom. The van der Waals surface area contributed by atoms with Crippen LogP contribution in [0.2, 0.25) is 0 Å². The molecule has 3 aromatic carbocycles. The van der Waals surface area contributed by atoms with Crippen LogP contribution in [0.15, 0.2) is 72.8 Å². The van der Waals surface area contributed by atoms with Gasteiger partial charge in [-0.1, -0.05) is 54.1 Å². The first-order chi connectivity index (χ1) is 13.6. The van der Waals surface area contributed by atoms with E-state index >= 15 is 0 Å². The van der Waals surface area contributed by atoms with Gasteiger partial charge in [-0.25, -0.2) is 0 Å². The second-order valence-electron chi connectivity index (χ2n) is 7.48. The fraction of sp³-hybridized carbons (Fsp3) is 0.240. The summed E-state index contributed by atoms with van der Waals surface area (Å²) in [5.74, 6) is 0.846. The molecule has 142 valence electrons. The molecule has 3 heteroatoms. The second-order valence-corrected chi connectivity index (χ2v) is 7.48. The van der Waals surface area contributed by atoms with Gasteiger partial charge in [0.05, 0.1) is 12.0 Å². The third-order valence-electron chi connectivity index (χ3n) is 5.56. The summed E-state index contributed by atoms with van der Waals surface area (Å²) >= 11 is 0. The molecule has 0 saturated heterocycles. The van der Waals surface area contributed by atoms with Gasteiger partial charge in [-0.05, 0) is 67.6 Å². The van der Waals surface area contributed by atoms with Crippen LogP contribution < -0.4 is 10.1 Å². The van der Waals surface area contributed by atoms with Gasteiger partial charge in [0.2, 0.25) is 5.91 Å². The van der Waals surface area contributed by atoms with E-state index in [-0.39, 0.29) is 5.91 Å². The molecule has 0 aliphatic heterocycles. The van der Waals surface area contributed by atoms with Crippen LogP contribution in [0.5, 0.6) is 5.75 Å². The molecular formula is C25H25NO2. The summed E-state index contributed by atoms with van der Waals surface area (Å²) < 4.78 is 5.50. The number of nitrogens with one attached hydrogen (secondary N) is 1. The van der Waals surface area contributed by atoms with Crippen LogP contribution in [0.1, 0.15) is 29.2 Å². The number of fused-ring (bicyclic) bond motifs is 1. The number of hydrogen-bond acceptors (Lipinski definition) is 2. The monoisotopic (exact) mass is 371 g/mol. The number of rotatable bonds is 5. The van der Waals surface area contributed by atoms with Gasteiger partial charge in [0, 0.05) is 5.69 Å². The molecule has 0 unspecified atom stereocenters. The van der Waals surface area contributed by atoms with Crippen LogP contribution >= 0.6 is 0 Å². The van der Waals surface area contributed by atoms with Gasteiger partial charge in [-0.3, -0.25) is 4.79 Å². The van der Waals surface area contributed by atoms with Crippen molar-refractivity contribution in [1.82, 2.24) is 0 Å². The van der Waals surface area contributed by atoms with Crippen molar-refractivity contribution in [3.8, 4) is 5.75 Å². The van der Waals surface area contributed by atoms with Crippen molar-refractivity contribution < 1.29 is 9.53 Å². The lowest BCUT2D eigenvalue weighted by atomic mass is 9.76. The van der Waals surface area contributed by atoms with Crippen LogP contribution in [-0.2, 0) is 23.1 Å². The molecule has 1 aliphatic rings. The van der Waals surface area contributed by atoms with Crippen molar-refractivity contribution >= 4 is 11.6 Å². The molecule has 0 bridgehead atoms. The lowest BCUT2D eigenvalue weighted by molar-refractivity contribution is -0.121. The van der Waals surface area contributed by atoms with E-state index in [0.717, 1.165) is 29.8 Å². The lowest BCUT2D eigenvalue weighted by Gasteiger charge is -2.28.